The second-order valence-electron chi connectivity index (χ2n) is 29.4. The molecule has 0 radical (unpaired) electrons. The van der Waals surface area contributed by atoms with E-state index >= 15 is 0 Å². The number of esters is 4. The summed E-state index contributed by atoms with van der Waals surface area (Å²) >= 11 is 0. The predicted octanol–water partition coefficient (Wildman–Crippen LogP) is 23.7. The summed E-state index contributed by atoms with van der Waals surface area (Å²) in [5.74, 6) is 0.209. The van der Waals surface area contributed by atoms with Crippen LogP contribution >= 0.6 is 15.6 Å². The predicted molar refractivity (Wildman–Crippen MR) is 409 cm³/mol. The van der Waals surface area contributed by atoms with Gasteiger partial charge in [0.05, 0.1) is 26.4 Å². The van der Waals surface area contributed by atoms with Crippen molar-refractivity contribution in [1.29, 1.82) is 0 Å². The van der Waals surface area contributed by atoms with Crippen LogP contribution in [0.1, 0.15) is 395 Å². The summed E-state index contributed by atoms with van der Waals surface area (Å²) in [4.78, 5) is 72.9. The van der Waals surface area contributed by atoms with Gasteiger partial charge in [-0.15, -0.1) is 0 Å². The average Bonchev–Trinajstić information content (AvgIpc) is 0.937. The van der Waals surface area contributed by atoms with E-state index in [9.17, 15) is 43.2 Å². The summed E-state index contributed by atoms with van der Waals surface area (Å²) in [5, 5.41) is 10.6. The summed E-state index contributed by atoms with van der Waals surface area (Å²) in [7, 11) is -9.93. The number of hydrogen-bond donors (Lipinski definition) is 3. The molecule has 19 heteroatoms. The largest absolute Gasteiger partial charge is 0.472 e. The summed E-state index contributed by atoms with van der Waals surface area (Å²) in [6.45, 7) is 11.9. The van der Waals surface area contributed by atoms with Crippen molar-refractivity contribution < 1.29 is 80.2 Å². The number of rotatable bonds is 77. The molecule has 0 heterocycles. The molecule has 4 unspecified atom stereocenters. The zero-order valence-corrected chi connectivity index (χ0v) is 66.9. The van der Waals surface area contributed by atoms with E-state index in [1.54, 1.807) is 0 Å². The van der Waals surface area contributed by atoms with E-state index in [0.29, 0.717) is 31.6 Å². The van der Waals surface area contributed by atoms with Gasteiger partial charge in [0.25, 0.3) is 0 Å². The molecule has 7 atom stereocenters. The van der Waals surface area contributed by atoms with Gasteiger partial charge in [0.15, 0.2) is 12.2 Å². The topological polar surface area (TPSA) is 237 Å². The lowest BCUT2D eigenvalue weighted by Gasteiger charge is -2.21. The van der Waals surface area contributed by atoms with Crippen LogP contribution in [0.3, 0.4) is 0 Å². The second kappa shape index (κ2) is 70.8. The van der Waals surface area contributed by atoms with Gasteiger partial charge < -0.3 is 33.8 Å². The van der Waals surface area contributed by atoms with E-state index in [1.165, 1.54) is 186 Å². The SMILES string of the molecule is CCCCCC/C=C\C=C/CCCCCCCC(=O)O[C@H](COC(=O)CCCCCCCCCCCCC(C)CC)COP(=O)(O)OC[C@@H](O)COP(=O)(O)OC[C@@H](COC(=O)CCCCCCCCC(C)C)OC(=O)CCCCCCCCCCCCCCCCCCCCC(C)CC. The van der Waals surface area contributed by atoms with Crippen LogP contribution in [0.4, 0.5) is 0 Å². The first-order valence-electron chi connectivity index (χ1n) is 41.2. The first kappa shape index (κ1) is 97.5. The molecule has 0 aliphatic carbocycles. The third kappa shape index (κ3) is 71.2. The Kier molecular flexibility index (Phi) is 69.1. The number of allylic oxidation sites excluding steroid dienone is 4. The van der Waals surface area contributed by atoms with Gasteiger partial charge in [-0.2, -0.15) is 0 Å². The van der Waals surface area contributed by atoms with E-state index in [0.717, 1.165) is 121 Å². The lowest BCUT2D eigenvalue weighted by molar-refractivity contribution is -0.161. The molecule has 0 aliphatic heterocycles. The molecule has 0 amide bonds. The van der Waals surface area contributed by atoms with E-state index in [2.05, 4.69) is 72.8 Å². The number of phosphoric ester groups is 2. The summed E-state index contributed by atoms with van der Waals surface area (Å²) in [6, 6.07) is 0. The molecule has 0 spiro atoms. The third-order valence-corrected chi connectivity index (χ3v) is 20.9. The van der Waals surface area contributed by atoms with E-state index in [1.807, 2.05) is 0 Å². The van der Waals surface area contributed by atoms with Crippen molar-refractivity contribution in [2.75, 3.05) is 39.6 Å². The molecular formula is C81H154O17P2. The van der Waals surface area contributed by atoms with Gasteiger partial charge in [0.2, 0.25) is 0 Å². The lowest BCUT2D eigenvalue weighted by atomic mass is 9.99. The highest BCUT2D eigenvalue weighted by molar-refractivity contribution is 7.47. The van der Waals surface area contributed by atoms with Crippen molar-refractivity contribution in [2.45, 2.75) is 414 Å². The Bertz CT molecular complexity index is 2040. The molecule has 590 valence electrons. The van der Waals surface area contributed by atoms with Crippen molar-refractivity contribution in [1.82, 2.24) is 0 Å². The Labute approximate surface area is 612 Å². The summed E-state index contributed by atoms with van der Waals surface area (Å²) in [6.07, 6.45) is 62.0. The smallest absolute Gasteiger partial charge is 0.462 e. The molecule has 0 aromatic rings. The zero-order valence-electron chi connectivity index (χ0n) is 65.2. The van der Waals surface area contributed by atoms with Crippen LogP contribution in [0.5, 0.6) is 0 Å². The molecular weight excluding hydrogens is 1310 g/mol. The van der Waals surface area contributed by atoms with Gasteiger partial charge in [0, 0.05) is 25.7 Å². The highest BCUT2D eigenvalue weighted by atomic mass is 31.2. The third-order valence-electron chi connectivity index (χ3n) is 19.0. The van der Waals surface area contributed by atoms with Crippen molar-refractivity contribution in [3.8, 4) is 0 Å². The van der Waals surface area contributed by atoms with Crippen LogP contribution < -0.4 is 0 Å². The second-order valence-corrected chi connectivity index (χ2v) is 32.3. The van der Waals surface area contributed by atoms with Gasteiger partial charge in [-0.25, -0.2) is 9.13 Å². The van der Waals surface area contributed by atoms with Crippen LogP contribution in [0.15, 0.2) is 24.3 Å². The highest BCUT2D eigenvalue weighted by Crippen LogP contribution is 2.45. The molecule has 100 heavy (non-hydrogen) atoms. The minimum absolute atomic E-state index is 0.0846. The minimum Gasteiger partial charge on any atom is -0.462 e. The monoisotopic (exact) mass is 1460 g/mol. The fourth-order valence-corrected chi connectivity index (χ4v) is 13.5. The molecule has 0 aromatic carbocycles. The lowest BCUT2D eigenvalue weighted by Crippen LogP contribution is -2.30. The average molecular weight is 1460 g/mol. The number of phosphoric acid groups is 2. The number of hydrogen-bond acceptors (Lipinski definition) is 15. The number of aliphatic hydroxyl groups excluding tert-OH is 1. The molecule has 3 N–H and O–H groups in total. The Morgan fingerprint density at radius 1 is 0.330 bits per heavy atom. The fraction of sp³-hybridized carbons (Fsp3) is 0.901. The maximum atomic E-state index is 13.1. The molecule has 0 bridgehead atoms. The first-order chi connectivity index (χ1) is 48.3. The van der Waals surface area contributed by atoms with Crippen LogP contribution in [0.2, 0.25) is 0 Å². The Morgan fingerprint density at radius 3 is 0.890 bits per heavy atom. The molecule has 0 saturated carbocycles. The standard InChI is InChI=1S/C81H154O17P2/c1-8-11-12-13-14-15-16-17-22-26-29-36-41-50-57-64-80(85)97-76(68-91-78(83)62-55-48-40-35-32-31-34-39-47-54-61-74(7)10-3)70-95-99(87,88)93-66-75(82)67-94-100(89,90)96-71-77(69-92-79(84)63-56-49-44-43-45-52-59-72(4)5)98-81(86)65-58-51-42-37-30-27-24-21-19-18-20-23-25-28-33-38-46-53-60-73(6)9-2/h15-17,22,72-77,82H,8-14,18-21,23-71H2,1-7H3,(H,87,88)(H,89,90)/b16-15-,22-17-/t73?,74?,75-,76-,77-/m1/s1. The van der Waals surface area contributed by atoms with E-state index in [-0.39, 0.29) is 25.7 Å². The molecule has 0 saturated heterocycles. The first-order valence-corrected chi connectivity index (χ1v) is 44.2. The minimum atomic E-state index is -4.97. The van der Waals surface area contributed by atoms with Crippen molar-refractivity contribution in [3.63, 3.8) is 0 Å². The van der Waals surface area contributed by atoms with Crippen molar-refractivity contribution in [3.05, 3.63) is 24.3 Å². The molecule has 17 nitrogen and oxygen atoms in total. The van der Waals surface area contributed by atoms with E-state index < -0.39 is 97.5 Å². The number of unbranched alkanes of at least 4 members (excludes halogenated alkanes) is 40. The Morgan fingerprint density at radius 2 is 0.590 bits per heavy atom. The molecule has 0 aromatic heterocycles. The van der Waals surface area contributed by atoms with Crippen LogP contribution in [-0.4, -0.2) is 96.7 Å². The Hall–Kier alpha value is -2.46. The zero-order chi connectivity index (χ0) is 73.7. The fourth-order valence-electron chi connectivity index (χ4n) is 11.9. The molecule has 0 fully saturated rings. The molecule has 0 aliphatic rings. The Balaban J connectivity index is 5.21. The van der Waals surface area contributed by atoms with Gasteiger partial charge in [-0.1, -0.05) is 342 Å². The van der Waals surface area contributed by atoms with Crippen LogP contribution in [0, 0.1) is 17.8 Å². The van der Waals surface area contributed by atoms with Gasteiger partial charge >= 0.3 is 39.5 Å². The summed E-state index contributed by atoms with van der Waals surface area (Å²) < 4.78 is 68.6. The quantitative estimate of drug-likeness (QED) is 0.0169. The van der Waals surface area contributed by atoms with Crippen LogP contribution in [0.25, 0.3) is 0 Å². The van der Waals surface area contributed by atoms with E-state index in [4.69, 9.17) is 37.0 Å². The van der Waals surface area contributed by atoms with Gasteiger partial charge in [-0.3, -0.25) is 37.3 Å². The summed E-state index contributed by atoms with van der Waals surface area (Å²) in [5.41, 5.74) is 0. The van der Waals surface area contributed by atoms with Crippen molar-refractivity contribution in [2.24, 2.45) is 17.8 Å². The highest BCUT2D eigenvalue weighted by Gasteiger charge is 2.30. The van der Waals surface area contributed by atoms with Crippen LogP contribution in [-0.2, 0) is 65.4 Å². The maximum absolute atomic E-state index is 13.1. The number of carbonyl (C=O) groups is 4. The normalized spacial score (nSPS) is 14.7. The van der Waals surface area contributed by atoms with Crippen molar-refractivity contribution >= 4 is 39.5 Å². The molecule has 0 rings (SSSR count). The maximum Gasteiger partial charge on any atom is 0.472 e. The number of aliphatic hydroxyl groups is 1. The number of ether oxygens (including phenoxy) is 4. The van der Waals surface area contributed by atoms with Gasteiger partial charge in [-0.05, 0) is 69.1 Å². The number of carbonyl (C=O) groups excluding carboxylic acids is 4. The van der Waals surface area contributed by atoms with Gasteiger partial charge in [0.1, 0.15) is 19.3 Å².